The molecule has 1 aliphatic rings. The Hall–Kier alpha value is -0.350. The maximum absolute atomic E-state index is 7.86. The monoisotopic (exact) mass is 209 g/mol. The summed E-state index contributed by atoms with van der Waals surface area (Å²) in [4.78, 5) is 0. The average Bonchev–Trinajstić information content (AvgIpc) is 2.43. The summed E-state index contributed by atoms with van der Waals surface area (Å²) in [5, 5.41) is 3.50. The molecule has 0 aliphatic carbocycles. The van der Waals surface area contributed by atoms with E-state index in [4.69, 9.17) is 9.60 Å². The van der Waals surface area contributed by atoms with Crippen LogP contribution in [0.25, 0.3) is 0 Å². The van der Waals surface area contributed by atoms with E-state index in [0.717, 1.165) is 0 Å². The van der Waals surface area contributed by atoms with Crippen LogP contribution in [0.2, 0.25) is 0 Å². The van der Waals surface area contributed by atoms with Crippen molar-refractivity contribution < 1.29 is 14.3 Å². The van der Waals surface area contributed by atoms with Crippen LogP contribution in [0.1, 0.15) is 15.6 Å². The van der Waals surface area contributed by atoms with E-state index in [1.807, 2.05) is 0 Å². The Morgan fingerprint density at radius 1 is 2.10 bits per heavy atom. The number of aromatic nitrogens is 2. The molecule has 1 aromatic heterocycles. The molecule has 54 valence electrons. The predicted octanol–water partition coefficient (Wildman–Crippen LogP) is 1.22. The first-order chi connectivity index (χ1) is 7.54. The van der Waals surface area contributed by atoms with Gasteiger partial charge in [-0.2, -0.15) is 5.10 Å². The molecule has 1 aliphatic heterocycles. The van der Waals surface area contributed by atoms with Crippen molar-refractivity contribution in [2.75, 3.05) is 13.1 Å². The third-order valence-electron chi connectivity index (χ3n) is 0.959. The number of rotatable bonds is 1. The molecule has 0 bridgehead atoms. The number of halogens is 1. The van der Waals surface area contributed by atoms with Crippen molar-refractivity contribution in [3.63, 3.8) is 0 Å². The van der Waals surface area contributed by atoms with Gasteiger partial charge in [-0.15, -0.1) is 0 Å². The zero-order valence-corrected chi connectivity index (χ0v) is 6.27. The fraction of sp³-hybridized carbons (Fsp3) is 0.500. The molecule has 3 nitrogen and oxygen atoms in total. The molecule has 0 saturated carbocycles. The third-order valence-corrected chi connectivity index (χ3v) is 1.31. The molecule has 0 aromatic carbocycles. The minimum atomic E-state index is -2.62. The fourth-order valence-electron chi connectivity index (χ4n) is 0.526. The van der Waals surface area contributed by atoms with Gasteiger partial charge < -0.3 is 4.74 Å². The molecule has 1 aromatic rings. The van der Waals surface area contributed by atoms with Crippen LogP contribution in [0.3, 0.4) is 0 Å². The van der Waals surface area contributed by atoms with E-state index in [-0.39, 0.29) is 10.6 Å². The standard InChI is InChI=1S/C6H7BrN2O/c7-5-1-8-9(2-5)6-3-10-4-6/h1-2,6H,3-4H2/i1D,2D,3D2,4D2,6D. The lowest BCUT2D eigenvalue weighted by Gasteiger charge is -2.25. The second-order valence-corrected chi connectivity index (χ2v) is 2.40. The molecule has 1 fully saturated rings. The van der Waals surface area contributed by atoms with Crippen molar-refractivity contribution in [2.45, 2.75) is 6.02 Å². The van der Waals surface area contributed by atoms with E-state index in [9.17, 15) is 0 Å². The van der Waals surface area contributed by atoms with Crippen LogP contribution in [0.15, 0.2) is 16.8 Å². The van der Waals surface area contributed by atoms with Gasteiger partial charge in [0, 0.05) is 6.17 Å². The molecule has 0 radical (unpaired) electrons. The first kappa shape index (κ1) is 2.32. The van der Waals surface area contributed by atoms with Crippen LogP contribution in [0, 0.1) is 0 Å². The highest BCUT2D eigenvalue weighted by molar-refractivity contribution is 9.10. The van der Waals surface area contributed by atoms with Crippen molar-refractivity contribution >= 4 is 15.9 Å². The summed E-state index contributed by atoms with van der Waals surface area (Å²) >= 11 is 2.89. The van der Waals surface area contributed by atoms with Crippen molar-refractivity contribution in [2.24, 2.45) is 0 Å². The summed E-state index contributed by atoms with van der Waals surface area (Å²) < 4.78 is 57.2. The predicted molar refractivity (Wildman–Crippen MR) is 39.8 cm³/mol. The molecule has 10 heavy (non-hydrogen) atoms. The average molecular weight is 210 g/mol. The molecular formula is C6H7BrN2O. The molecule has 1 saturated heterocycles. The van der Waals surface area contributed by atoms with Crippen LogP contribution in [0.4, 0.5) is 0 Å². The van der Waals surface area contributed by atoms with Crippen LogP contribution in [-0.2, 0) is 4.74 Å². The van der Waals surface area contributed by atoms with E-state index in [0.29, 0.717) is 4.68 Å². The highest BCUT2D eigenvalue weighted by atomic mass is 79.9. The number of hydrogen-bond acceptors (Lipinski definition) is 2. The summed E-state index contributed by atoms with van der Waals surface area (Å²) in [6, 6.07) is -2.53. The van der Waals surface area contributed by atoms with Crippen molar-refractivity contribution in [3.05, 3.63) is 16.8 Å². The zero-order chi connectivity index (χ0) is 13.2. The maximum Gasteiger partial charge on any atom is 0.0985 e. The smallest absolute Gasteiger partial charge is 0.0985 e. The van der Waals surface area contributed by atoms with Gasteiger partial charge in [0.15, 0.2) is 0 Å². The van der Waals surface area contributed by atoms with Crippen LogP contribution in [0.5, 0.6) is 0 Å². The van der Waals surface area contributed by atoms with E-state index in [1.165, 1.54) is 0 Å². The highest BCUT2D eigenvalue weighted by Gasteiger charge is 2.20. The quantitative estimate of drug-likeness (QED) is 0.696. The first-order valence-corrected chi connectivity index (χ1v) is 3.26. The molecule has 2 rings (SSSR count). The Balaban J connectivity index is 2.62. The highest BCUT2D eigenvalue weighted by Crippen LogP contribution is 2.17. The molecule has 0 atom stereocenters. The van der Waals surface area contributed by atoms with Gasteiger partial charge >= 0.3 is 0 Å². The SMILES string of the molecule is [2H]c1nn(C2([2H])C([2H])([2H])OC2([2H])[2H])c([2H])c1Br. The second kappa shape index (κ2) is 2.36. The Labute approximate surface area is 76.9 Å². The van der Waals surface area contributed by atoms with Gasteiger partial charge in [-0.05, 0) is 15.9 Å². The van der Waals surface area contributed by atoms with Gasteiger partial charge in [0.2, 0.25) is 0 Å². The topological polar surface area (TPSA) is 27.1 Å². The van der Waals surface area contributed by atoms with Crippen molar-refractivity contribution in [1.29, 1.82) is 0 Å². The van der Waals surface area contributed by atoms with Gasteiger partial charge in [-0.25, -0.2) is 0 Å². The van der Waals surface area contributed by atoms with Crippen molar-refractivity contribution in [1.82, 2.24) is 9.78 Å². The fourth-order valence-corrected chi connectivity index (χ4v) is 0.773. The Morgan fingerprint density at radius 2 is 2.90 bits per heavy atom. The Bertz CT molecular complexity index is 473. The lowest BCUT2D eigenvalue weighted by atomic mass is 10.3. The summed E-state index contributed by atoms with van der Waals surface area (Å²) in [6.07, 6.45) is -0.804. The maximum atomic E-state index is 7.86. The van der Waals surface area contributed by atoms with Gasteiger partial charge in [0.1, 0.15) is 0 Å². The van der Waals surface area contributed by atoms with Gasteiger partial charge in [-0.3, -0.25) is 4.68 Å². The van der Waals surface area contributed by atoms with E-state index >= 15 is 0 Å². The lowest BCUT2D eigenvalue weighted by Crippen LogP contribution is -2.30. The summed E-state index contributed by atoms with van der Waals surface area (Å²) in [5.74, 6) is 0. The van der Waals surface area contributed by atoms with Crippen LogP contribution in [-0.4, -0.2) is 22.9 Å². The Kier molecular flexibility index (Phi) is 0.547. The first-order valence-electron chi connectivity index (χ1n) is 5.97. The molecule has 0 unspecified atom stereocenters. The van der Waals surface area contributed by atoms with Crippen LogP contribution < -0.4 is 0 Å². The molecule has 0 amide bonds. The van der Waals surface area contributed by atoms with Crippen LogP contribution >= 0.6 is 15.9 Å². The minimum Gasteiger partial charge on any atom is -0.377 e. The minimum absolute atomic E-state index is 0.0253. The molecule has 0 N–H and O–H groups in total. The normalized spacial score (nSPS) is 42.3. The molecule has 2 heterocycles. The van der Waals surface area contributed by atoms with Gasteiger partial charge in [0.25, 0.3) is 0 Å². The van der Waals surface area contributed by atoms with E-state index in [2.05, 4.69) is 25.8 Å². The lowest BCUT2D eigenvalue weighted by molar-refractivity contribution is -0.0286. The summed E-state index contributed by atoms with van der Waals surface area (Å²) in [5.41, 5.74) is 0. The third kappa shape index (κ3) is 0.973. The largest absolute Gasteiger partial charge is 0.377 e. The van der Waals surface area contributed by atoms with E-state index < -0.39 is 25.3 Å². The number of ether oxygens (including phenoxy) is 1. The summed E-state index contributed by atoms with van der Waals surface area (Å²) in [7, 11) is 0. The number of nitrogens with zero attached hydrogens (tertiary/aromatic N) is 2. The van der Waals surface area contributed by atoms with Crippen molar-refractivity contribution in [3.8, 4) is 0 Å². The van der Waals surface area contributed by atoms with Gasteiger partial charge in [-0.1, -0.05) is 0 Å². The van der Waals surface area contributed by atoms with E-state index in [1.54, 1.807) is 0 Å². The molecular weight excluding hydrogens is 196 g/mol. The van der Waals surface area contributed by atoms with Gasteiger partial charge in [0.05, 0.1) is 39.4 Å². The summed E-state index contributed by atoms with van der Waals surface area (Å²) in [6.45, 7) is -5.24. The Morgan fingerprint density at radius 3 is 3.40 bits per heavy atom. The number of hydrogen-bond donors (Lipinski definition) is 0. The second-order valence-electron chi connectivity index (χ2n) is 1.60. The molecule has 0 spiro atoms. The zero-order valence-electron chi connectivity index (χ0n) is 11.7. The molecule has 4 heteroatoms.